The van der Waals surface area contributed by atoms with Crippen LogP contribution >= 0.6 is 0 Å². The second-order valence-corrected chi connectivity index (χ2v) is 3.23. The standard InChI is InChI=1S/C8H18N2O3/c1-6(2)12-9-8(11)10(5)13-7(3)4/h6-7H,1-5H3,(H,9,11). The summed E-state index contributed by atoms with van der Waals surface area (Å²) in [4.78, 5) is 21.1. The zero-order valence-corrected chi connectivity index (χ0v) is 8.83. The molecular weight excluding hydrogens is 172 g/mol. The van der Waals surface area contributed by atoms with Gasteiger partial charge in [-0.25, -0.2) is 15.3 Å². The van der Waals surface area contributed by atoms with Crippen LogP contribution in [0.3, 0.4) is 0 Å². The Bertz CT molecular complexity index is 159. The van der Waals surface area contributed by atoms with Crippen molar-refractivity contribution in [1.29, 1.82) is 0 Å². The van der Waals surface area contributed by atoms with E-state index >= 15 is 0 Å². The molecule has 0 saturated carbocycles. The van der Waals surface area contributed by atoms with Gasteiger partial charge in [0.15, 0.2) is 0 Å². The van der Waals surface area contributed by atoms with Crippen LogP contribution in [-0.4, -0.2) is 30.3 Å². The number of nitrogens with one attached hydrogen (secondary N) is 1. The van der Waals surface area contributed by atoms with Crippen LogP contribution in [0, 0.1) is 0 Å². The van der Waals surface area contributed by atoms with Gasteiger partial charge in [0, 0.05) is 7.05 Å². The predicted molar refractivity (Wildman–Crippen MR) is 48.7 cm³/mol. The van der Waals surface area contributed by atoms with Crippen LogP contribution in [0.1, 0.15) is 27.7 Å². The highest BCUT2D eigenvalue weighted by atomic mass is 16.7. The van der Waals surface area contributed by atoms with Gasteiger partial charge in [0.25, 0.3) is 0 Å². The van der Waals surface area contributed by atoms with Crippen molar-refractivity contribution in [1.82, 2.24) is 10.5 Å². The Balaban J connectivity index is 3.69. The van der Waals surface area contributed by atoms with Gasteiger partial charge in [0.05, 0.1) is 12.2 Å². The average Bonchev–Trinajstić information content (AvgIpc) is 1.98. The van der Waals surface area contributed by atoms with Crippen molar-refractivity contribution < 1.29 is 14.5 Å². The minimum absolute atomic E-state index is 0.0326. The third-order valence-electron chi connectivity index (χ3n) is 1.04. The van der Waals surface area contributed by atoms with Gasteiger partial charge in [0.2, 0.25) is 0 Å². The van der Waals surface area contributed by atoms with Gasteiger partial charge >= 0.3 is 6.03 Å². The molecule has 13 heavy (non-hydrogen) atoms. The SMILES string of the molecule is CC(C)ONC(=O)N(C)OC(C)C. The van der Waals surface area contributed by atoms with Gasteiger partial charge in [-0.3, -0.25) is 9.68 Å². The first-order chi connectivity index (χ1) is 5.93. The topological polar surface area (TPSA) is 50.8 Å². The van der Waals surface area contributed by atoms with Crippen molar-refractivity contribution in [2.24, 2.45) is 0 Å². The van der Waals surface area contributed by atoms with Crippen LogP contribution in [0.4, 0.5) is 4.79 Å². The fraction of sp³-hybridized carbons (Fsp3) is 0.875. The Labute approximate surface area is 78.9 Å². The molecule has 0 bridgehead atoms. The Morgan fingerprint density at radius 1 is 1.23 bits per heavy atom. The Hall–Kier alpha value is -0.810. The molecule has 0 saturated heterocycles. The van der Waals surface area contributed by atoms with Crippen LogP contribution in [0.5, 0.6) is 0 Å². The minimum atomic E-state index is -0.414. The lowest BCUT2D eigenvalue weighted by atomic mass is 10.5. The molecule has 0 aliphatic carbocycles. The summed E-state index contributed by atoms with van der Waals surface area (Å²) in [6, 6.07) is -0.414. The maximum Gasteiger partial charge on any atom is 0.364 e. The van der Waals surface area contributed by atoms with Crippen molar-refractivity contribution in [3.63, 3.8) is 0 Å². The Morgan fingerprint density at radius 3 is 2.15 bits per heavy atom. The van der Waals surface area contributed by atoms with Crippen LogP contribution in [0.25, 0.3) is 0 Å². The maximum atomic E-state index is 11.1. The summed E-state index contributed by atoms with van der Waals surface area (Å²) >= 11 is 0. The number of hydrogen-bond donors (Lipinski definition) is 1. The molecule has 0 radical (unpaired) electrons. The first-order valence-corrected chi connectivity index (χ1v) is 4.29. The van der Waals surface area contributed by atoms with E-state index in [2.05, 4.69) is 5.48 Å². The number of hydrogen-bond acceptors (Lipinski definition) is 3. The van der Waals surface area contributed by atoms with Crippen molar-refractivity contribution in [2.75, 3.05) is 7.05 Å². The number of hydroxylamine groups is 3. The molecule has 5 nitrogen and oxygen atoms in total. The molecule has 0 unspecified atom stereocenters. The molecule has 5 heteroatoms. The fourth-order valence-electron chi connectivity index (χ4n) is 0.597. The molecule has 0 atom stereocenters. The maximum absolute atomic E-state index is 11.1. The molecule has 0 fully saturated rings. The monoisotopic (exact) mass is 190 g/mol. The molecule has 0 aliphatic rings. The number of carbonyl (C=O) groups is 1. The zero-order valence-electron chi connectivity index (χ0n) is 8.83. The van der Waals surface area contributed by atoms with Crippen molar-refractivity contribution in [2.45, 2.75) is 39.9 Å². The lowest BCUT2D eigenvalue weighted by Gasteiger charge is -2.19. The lowest BCUT2D eigenvalue weighted by molar-refractivity contribution is -0.142. The Kier molecular flexibility index (Phi) is 5.41. The zero-order chi connectivity index (χ0) is 10.4. The van der Waals surface area contributed by atoms with E-state index in [4.69, 9.17) is 9.68 Å². The summed E-state index contributed by atoms with van der Waals surface area (Å²) in [6.45, 7) is 7.33. The van der Waals surface area contributed by atoms with E-state index < -0.39 is 6.03 Å². The minimum Gasteiger partial charge on any atom is -0.269 e. The van der Waals surface area contributed by atoms with Gasteiger partial charge in [-0.2, -0.15) is 0 Å². The normalized spacial score (nSPS) is 10.7. The van der Waals surface area contributed by atoms with Gasteiger partial charge in [-0.15, -0.1) is 0 Å². The molecule has 0 aromatic rings. The quantitative estimate of drug-likeness (QED) is 0.680. The first-order valence-electron chi connectivity index (χ1n) is 4.29. The van der Waals surface area contributed by atoms with Crippen LogP contribution in [0.2, 0.25) is 0 Å². The molecule has 0 spiro atoms. The molecule has 78 valence electrons. The van der Waals surface area contributed by atoms with E-state index in [0.29, 0.717) is 0 Å². The second kappa shape index (κ2) is 5.77. The van der Waals surface area contributed by atoms with E-state index in [1.165, 1.54) is 7.05 Å². The summed E-state index contributed by atoms with van der Waals surface area (Å²) in [7, 11) is 1.53. The van der Waals surface area contributed by atoms with E-state index in [1.807, 2.05) is 27.7 Å². The molecular formula is C8H18N2O3. The first kappa shape index (κ1) is 12.2. The smallest absolute Gasteiger partial charge is 0.269 e. The molecule has 0 aromatic heterocycles. The molecule has 0 heterocycles. The number of nitrogens with zero attached hydrogens (tertiary/aromatic N) is 1. The molecule has 0 rings (SSSR count). The molecule has 0 aliphatic heterocycles. The fourth-order valence-corrected chi connectivity index (χ4v) is 0.597. The van der Waals surface area contributed by atoms with Gasteiger partial charge in [-0.05, 0) is 27.7 Å². The van der Waals surface area contributed by atoms with Crippen LogP contribution < -0.4 is 5.48 Å². The summed E-state index contributed by atoms with van der Waals surface area (Å²) in [6.07, 6.45) is -0.0776. The van der Waals surface area contributed by atoms with E-state index in [9.17, 15) is 4.79 Å². The number of carbonyl (C=O) groups excluding carboxylic acids is 1. The molecule has 0 aromatic carbocycles. The van der Waals surface area contributed by atoms with Gasteiger partial charge in [-0.1, -0.05) is 0 Å². The van der Waals surface area contributed by atoms with Crippen molar-refractivity contribution in [3.8, 4) is 0 Å². The Morgan fingerprint density at radius 2 is 1.77 bits per heavy atom. The summed E-state index contributed by atoms with van der Waals surface area (Å²) < 4.78 is 0. The number of amides is 2. The summed E-state index contributed by atoms with van der Waals surface area (Å²) in [5.74, 6) is 0. The van der Waals surface area contributed by atoms with Crippen molar-refractivity contribution in [3.05, 3.63) is 0 Å². The average molecular weight is 190 g/mol. The van der Waals surface area contributed by atoms with Gasteiger partial charge < -0.3 is 0 Å². The third-order valence-corrected chi connectivity index (χ3v) is 1.04. The third kappa shape index (κ3) is 6.36. The van der Waals surface area contributed by atoms with Crippen LogP contribution in [-0.2, 0) is 9.68 Å². The summed E-state index contributed by atoms with van der Waals surface area (Å²) in [5, 5.41) is 1.10. The van der Waals surface area contributed by atoms with E-state index in [-0.39, 0.29) is 12.2 Å². The highest BCUT2D eigenvalue weighted by Gasteiger charge is 2.10. The number of urea groups is 1. The number of rotatable bonds is 4. The van der Waals surface area contributed by atoms with Gasteiger partial charge in [0.1, 0.15) is 0 Å². The summed E-state index contributed by atoms with van der Waals surface area (Å²) in [5.41, 5.74) is 2.25. The highest BCUT2D eigenvalue weighted by Crippen LogP contribution is 1.94. The largest absolute Gasteiger partial charge is 0.364 e. The molecule has 2 amide bonds. The van der Waals surface area contributed by atoms with E-state index in [0.717, 1.165) is 5.06 Å². The molecule has 1 N–H and O–H groups in total. The predicted octanol–water partition coefficient (Wildman–Crippen LogP) is 1.31. The highest BCUT2D eigenvalue weighted by molar-refractivity contribution is 5.71. The second-order valence-electron chi connectivity index (χ2n) is 3.23. The van der Waals surface area contributed by atoms with Crippen LogP contribution in [0.15, 0.2) is 0 Å². The lowest BCUT2D eigenvalue weighted by Crippen LogP contribution is -2.39. The van der Waals surface area contributed by atoms with E-state index in [1.54, 1.807) is 0 Å². The van der Waals surface area contributed by atoms with Crippen molar-refractivity contribution >= 4 is 6.03 Å².